The number of anilines is 4. The highest BCUT2D eigenvalue weighted by atomic mass is 35.5. The molecule has 0 saturated carbocycles. The number of ether oxygens (including phenoxy) is 5. The molecule has 4 atom stereocenters. The monoisotopic (exact) mass is 1260 g/mol. The van der Waals surface area contributed by atoms with E-state index >= 15 is 0 Å². The maximum absolute atomic E-state index is 14.6. The third-order valence-electron chi connectivity index (χ3n) is 14.3. The van der Waals surface area contributed by atoms with Gasteiger partial charge in [0.1, 0.15) is 31.0 Å². The number of β-amino-alcohol motifs (C(OH)–C–C–N with tert-alkyl or cyclic N) is 1. The van der Waals surface area contributed by atoms with Crippen LogP contribution < -0.4 is 50.4 Å². The Morgan fingerprint density at radius 2 is 1.74 bits per heavy atom. The summed E-state index contributed by atoms with van der Waals surface area (Å²) in [6, 6.07) is 14.2. The lowest BCUT2D eigenvalue weighted by atomic mass is 9.85. The third-order valence-corrected chi connectivity index (χ3v) is 16.7. The first-order valence-electron chi connectivity index (χ1n) is 28.1. The van der Waals surface area contributed by atoms with Crippen LogP contribution in [0.3, 0.4) is 0 Å². The number of aliphatic hydroxyl groups is 1. The summed E-state index contributed by atoms with van der Waals surface area (Å²) in [5.41, 5.74) is 4.07. The minimum absolute atomic E-state index is 0.00200. The maximum atomic E-state index is 14.6. The van der Waals surface area contributed by atoms with Crippen molar-refractivity contribution in [3.8, 4) is 33.7 Å². The van der Waals surface area contributed by atoms with Crippen molar-refractivity contribution < 1.29 is 64.8 Å². The lowest BCUT2D eigenvalue weighted by Gasteiger charge is -2.35. The fourth-order valence-corrected chi connectivity index (χ4v) is 11.6. The molecule has 3 aliphatic heterocycles. The molecule has 6 N–H and O–H groups in total. The number of likely N-dealkylation sites (tertiary alicyclic amines) is 1. The van der Waals surface area contributed by atoms with Gasteiger partial charge in [0.15, 0.2) is 21.3 Å². The molecule has 466 valence electrons. The third kappa shape index (κ3) is 16.3. The zero-order chi connectivity index (χ0) is 62.0. The fourth-order valence-electron chi connectivity index (χ4n) is 9.95. The summed E-state index contributed by atoms with van der Waals surface area (Å²) >= 11 is 8.16. The van der Waals surface area contributed by atoms with E-state index < -0.39 is 70.2 Å². The molecule has 3 aromatic carbocycles. The molecule has 2 saturated heterocycles. The zero-order valence-electron chi connectivity index (χ0n) is 48.4. The maximum Gasteiger partial charge on any atom is 0.586 e. The number of unbranched alkanes of at least 4 members (excludes halogenated alkanes) is 1. The average Bonchev–Trinajstić information content (AvgIpc) is 2.18. The molecular formula is C58H68ClF3N12O11S2. The van der Waals surface area contributed by atoms with E-state index in [4.69, 9.17) is 40.3 Å². The molecule has 0 aliphatic carbocycles. The van der Waals surface area contributed by atoms with Gasteiger partial charge in [-0.15, -0.1) is 20.1 Å². The Morgan fingerprint density at radius 3 is 2.46 bits per heavy atom. The Morgan fingerprint density at radius 1 is 0.954 bits per heavy atom. The number of para-hydroxylation sites is 1. The van der Waals surface area contributed by atoms with E-state index in [1.165, 1.54) is 52.8 Å². The van der Waals surface area contributed by atoms with Crippen molar-refractivity contribution in [1.82, 2.24) is 45.8 Å². The van der Waals surface area contributed by atoms with Crippen LogP contribution in [0.15, 0.2) is 83.3 Å². The molecule has 0 bridgehead atoms. The summed E-state index contributed by atoms with van der Waals surface area (Å²) < 4.78 is 96.0. The van der Waals surface area contributed by atoms with Gasteiger partial charge in [-0.05, 0) is 73.2 Å². The first-order chi connectivity index (χ1) is 41.5. The summed E-state index contributed by atoms with van der Waals surface area (Å²) in [5.74, 6) is -1.22. The Bertz CT molecular complexity index is 3540. The van der Waals surface area contributed by atoms with Crippen LogP contribution in [0, 0.1) is 12.3 Å². The zero-order valence-corrected chi connectivity index (χ0v) is 50.8. The van der Waals surface area contributed by atoms with Gasteiger partial charge in [-0.1, -0.05) is 56.6 Å². The Hall–Kier alpha value is -7.63. The van der Waals surface area contributed by atoms with Crippen LogP contribution in [0.4, 0.5) is 36.4 Å². The number of pyridine rings is 1. The number of hydrogen-bond acceptors (Lipinski definition) is 21. The van der Waals surface area contributed by atoms with Crippen molar-refractivity contribution in [3.05, 3.63) is 106 Å². The number of piperazine rings is 1. The number of carbonyl (C=O) groups is 3. The van der Waals surface area contributed by atoms with E-state index in [0.717, 1.165) is 22.4 Å². The second-order valence-electron chi connectivity index (χ2n) is 21.9. The molecule has 3 aliphatic rings. The molecule has 2 fully saturated rings. The number of sulfone groups is 1. The van der Waals surface area contributed by atoms with Gasteiger partial charge in [-0.2, -0.15) is 15.0 Å². The topological polar surface area (TPSA) is 283 Å². The lowest BCUT2D eigenvalue weighted by Crippen LogP contribution is -2.57. The molecule has 29 heteroatoms. The Kier molecular flexibility index (Phi) is 20.6. The molecule has 9 rings (SSSR count). The number of aryl methyl sites for hydroxylation is 1. The molecule has 0 spiro atoms. The molecular weight excluding hydrogens is 1200 g/mol. The van der Waals surface area contributed by atoms with Gasteiger partial charge in [-0.25, -0.2) is 13.4 Å². The molecule has 3 amide bonds. The number of aliphatic hydroxyl groups excluding tert-OH is 1. The standard InChI is InChI=1S/C58H68ClF3N12O11S2/c1-34-50(86-33-66-34)35-14-15-36(31-65-52(77)43-29-37(75)32-74(43)53(78)51(57(2,3)4)69-46(76)13-6-7-18-60)45(28-35)82-26-24-81-25-27-83-56-71-54(70-55(72-56)73-22-20-63-21-23-73)68-42-30-38(87(5,79)80)16-17-41(42)67-47(48-40(59)11-9-19-64-48)39-10-8-12-44-49(39)85-58(61,62)84-44/h8-12,14-17,19,28,30,33,37,43,47,51,63,67,75H,6-7,13,18,20-27,29,31-32H2,1-5H3,(H,65,77)(H,69,76)(H,68,70,71,72)/t37-,43-,47-,51+/m0/s1. The summed E-state index contributed by atoms with van der Waals surface area (Å²) in [5, 5.41) is 26.4. The first kappa shape index (κ1) is 63.9. The van der Waals surface area contributed by atoms with Crippen molar-refractivity contribution in [2.24, 2.45) is 5.41 Å². The molecule has 23 nitrogen and oxygen atoms in total. The number of halogens is 4. The van der Waals surface area contributed by atoms with Crippen molar-refractivity contribution in [2.45, 2.75) is 95.3 Å². The van der Waals surface area contributed by atoms with Gasteiger partial charge in [0.05, 0.1) is 75.1 Å². The van der Waals surface area contributed by atoms with Gasteiger partial charge < -0.3 is 65.2 Å². The smallest absolute Gasteiger partial charge is 0.491 e. The van der Waals surface area contributed by atoms with Crippen LogP contribution in [0.2, 0.25) is 5.02 Å². The number of amides is 3. The average molecular weight is 1270 g/mol. The number of thiazole rings is 1. The molecule has 0 unspecified atom stereocenters. The highest BCUT2D eigenvalue weighted by Gasteiger charge is 2.47. The number of hydrogen-bond donors (Lipinski definition) is 6. The van der Waals surface area contributed by atoms with Crippen molar-refractivity contribution in [1.29, 1.82) is 0 Å². The fraction of sp³-hybridized carbons (Fsp3) is 0.448. The summed E-state index contributed by atoms with van der Waals surface area (Å²) in [6.07, 6.45) is -1.83. The van der Waals surface area contributed by atoms with Gasteiger partial charge in [0.2, 0.25) is 29.6 Å². The van der Waals surface area contributed by atoms with Gasteiger partial charge in [0.25, 0.3) is 0 Å². The van der Waals surface area contributed by atoms with Crippen molar-refractivity contribution >= 4 is 73.8 Å². The van der Waals surface area contributed by atoms with Crippen LogP contribution in [0.1, 0.15) is 75.0 Å². The summed E-state index contributed by atoms with van der Waals surface area (Å²) in [4.78, 5) is 67.7. The van der Waals surface area contributed by atoms with Crippen molar-refractivity contribution in [2.75, 3.05) is 87.6 Å². The number of aromatic nitrogens is 5. The summed E-state index contributed by atoms with van der Waals surface area (Å²) in [7, 11) is -3.79. The van der Waals surface area contributed by atoms with E-state index in [-0.39, 0.29) is 121 Å². The Balaban J connectivity index is 0.876. The van der Waals surface area contributed by atoms with Gasteiger partial charge in [0, 0.05) is 75.7 Å². The molecule has 87 heavy (non-hydrogen) atoms. The number of alkyl halides is 3. The predicted octanol–water partition coefficient (Wildman–Crippen LogP) is 7.15. The van der Waals surface area contributed by atoms with Gasteiger partial charge in [-0.3, -0.25) is 23.8 Å². The normalized spacial score (nSPS) is 17.1. The number of benzene rings is 3. The van der Waals surface area contributed by atoms with Crippen LogP contribution in [0.5, 0.6) is 23.3 Å². The SMILES string of the molecule is Cc1ncsc1-c1ccc(CNC(=O)[C@@H]2C[C@H](O)CN2C(=O)[C@@H](NC(=O)CCCCF)C(C)(C)C)c(OCCOCCOc2nc(Nc3cc(S(C)(=O)=O)ccc3N[C@@H](c3cccc4c3OC(F)(F)O4)c3ncccc3Cl)nc(N3CCNCC3)n2)c1. The highest BCUT2D eigenvalue weighted by Crippen LogP contribution is 2.48. The largest absolute Gasteiger partial charge is 0.586 e. The number of rotatable bonds is 26. The lowest BCUT2D eigenvalue weighted by molar-refractivity contribution is -0.287. The van der Waals surface area contributed by atoms with Crippen LogP contribution in [-0.4, -0.2) is 158 Å². The molecule has 6 aromatic rings. The van der Waals surface area contributed by atoms with E-state index in [9.17, 15) is 41.1 Å². The van der Waals surface area contributed by atoms with Crippen LogP contribution in [0.25, 0.3) is 10.4 Å². The van der Waals surface area contributed by atoms with Gasteiger partial charge >= 0.3 is 12.3 Å². The van der Waals surface area contributed by atoms with E-state index in [1.807, 2.05) is 30.0 Å². The first-order valence-corrected chi connectivity index (χ1v) is 31.3. The molecule has 0 radical (unpaired) electrons. The minimum atomic E-state index is -3.95. The number of fused-ring (bicyclic) bond motifs is 1. The Labute approximate surface area is 510 Å². The van der Waals surface area contributed by atoms with E-state index in [0.29, 0.717) is 43.9 Å². The second kappa shape index (κ2) is 28.0. The minimum Gasteiger partial charge on any atom is -0.491 e. The van der Waals surface area contributed by atoms with Crippen LogP contribution in [-0.2, 0) is 35.5 Å². The predicted molar refractivity (Wildman–Crippen MR) is 318 cm³/mol. The van der Waals surface area contributed by atoms with Crippen molar-refractivity contribution in [3.63, 3.8) is 0 Å². The number of nitrogens with zero attached hydrogens (tertiary/aromatic N) is 7. The number of nitrogens with one attached hydrogen (secondary N) is 5. The van der Waals surface area contributed by atoms with E-state index in [1.54, 1.807) is 44.5 Å². The summed E-state index contributed by atoms with van der Waals surface area (Å²) in [6.45, 7) is 9.14. The quantitative estimate of drug-likeness (QED) is 0.0294. The highest BCUT2D eigenvalue weighted by molar-refractivity contribution is 7.90. The number of carbonyl (C=O) groups excluding carboxylic acids is 3. The van der Waals surface area contributed by atoms with Crippen LogP contribution >= 0.6 is 22.9 Å². The van der Waals surface area contributed by atoms with E-state index in [2.05, 4.69) is 46.5 Å². The molecule has 6 heterocycles. The molecule has 3 aromatic heterocycles. The second-order valence-corrected chi connectivity index (χ2v) is 25.2.